The number of aromatic nitrogens is 2. The van der Waals surface area contributed by atoms with Crippen molar-refractivity contribution < 1.29 is 18.7 Å². The van der Waals surface area contributed by atoms with Gasteiger partial charge in [-0.1, -0.05) is 42.5 Å². The van der Waals surface area contributed by atoms with Gasteiger partial charge in [0.05, 0.1) is 18.4 Å². The van der Waals surface area contributed by atoms with Gasteiger partial charge in [0.1, 0.15) is 18.1 Å². The molecule has 4 rings (SSSR count). The second kappa shape index (κ2) is 10.6. The molecule has 1 saturated heterocycles. The molecule has 0 spiro atoms. The SMILES string of the molecule is Cc1cc(C(=O)N2CC(=O)N(CCc3ccccc3)C[C@@H](OCc3cccc(F)c3)C2)n(C)n1. The van der Waals surface area contributed by atoms with Crippen molar-refractivity contribution in [1.29, 1.82) is 0 Å². The topological polar surface area (TPSA) is 67.7 Å². The zero-order chi connectivity index (χ0) is 24.1. The van der Waals surface area contributed by atoms with Crippen LogP contribution in [-0.2, 0) is 29.6 Å². The Bertz CT molecular complexity index is 1150. The van der Waals surface area contributed by atoms with E-state index in [4.69, 9.17) is 4.74 Å². The maximum absolute atomic E-state index is 13.6. The highest BCUT2D eigenvalue weighted by atomic mass is 19.1. The van der Waals surface area contributed by atoms with Gasteiger partial charge < -0.3 is 14.5 Å². The van der Waals surface area contributed by atoms with E-state index in [9.17, 15) is 14.0 Å². The van der Waals surface area contributed by atoms with Crippen molar-refractivity contribution in [3.63, 3.8) is 0 Å². The third-order valence-corrected chi connectivity index (χ3v) is 5.92. The maximum atomic E-state index is 13.6. The lowest BCUT2D eigenvalue weighted by Crippen LogP contribution is -2.40. The summed E-state index contributed by atoms with van der Waals surface area (Å²) in [5.41, 5.74) is 2.99. The molecule has 0 N–H and O–H groups in total. The van der Waals surface area contributed by atoms with E-state index in [1.54, 1.807) is 30.1 Å². The maximum Gasteiger partial charge on any atom is 0.272 e. The summed E-state index contributed by atoms with van der Waals surface area (Å²) in [6.07, 6.45) is 0.293. The van der Waals surface area contributed by atoms with Crippen molar-refractivity contribution >= 4 is 11.8 Å². The normalized spacial score (nSPS) is 16.6. The lowest BCUT2D eigenvalue weighted by atomic mass is 10.1. The number of hydrogen-bond acceptors (Lipinski definition) is 4. The van der Waals surface area contributed by atoms with Gasteiger partial charge in [0.15, 0.2) is 0 Å². The molecule has 1 aliphatic rings. The van der Waals surface area contributed by atoms with E-state index in [0.29, 0.717) is 30.8 Å². The predicted octanol–water partition coefficient (Wildman–Crippen LogP) is 2.98. The summed E-state index contributed by atoms with van der Waals surface area (Å²) in [6, 6.07) is 17.9. The van der Waals surface area contributed by atoms with Crippen LogP contribution in [-0.4, -0.2) is 63.7 Å². The standard InChI is InChI=1S/C26H29FN4O3/c1-19-13-24(29(2)28-19)26(33)31-16-23(34-18-21-9-6-10-22(27)14-21)15-30(25(32)17-31)12-11-20-7-4-3-5-8-20/h3-10,13-14,23H,11-12,15-18H2,1-2H3/t23-/m1/s1. The molecule has 2 amide bonds. The highest BCUT2D eigenvalue weighted by Gasteiger charge is 2.32. The van der Waals surface area contributed by atoms with Gasteiger partial charge in [-0.2, -0.15) is 5.10 Å². The first-order valence-corrected chi connectivity index (χ1v) is 11.4. The number of aryl methyl sites for hydroxylation is 2. The molecule has 1 fully saturated rings. The lowest BCUT2D eigenvalue weighted by molar-refractivity contribution is -0.131. The molecule has 0 unspecified atom stereocenters. The van der Waals surface area contributed by atoms with Crippen molar-refractivity contribution in [3.8, 4) is 0 Å². The number of nitrogens with zero attached hydrogens (tertiary/aromatic N) is 4. The van der Waals surface area contributed by atoms with E-state index in [1.165, 1.54) is 21.7 Å². The first-order chi connectivity index (χ1) is 16.4. The summed E-state index contributed by atoms with van der Waals surface area (Å²) in [5.74, 6) is -0.717. The van der Waals surface area contributed by atoms with Gasteiger partial charge in [0.25, 0.3) is 5.91 Å². The van der Waals surface area contributed by atoms with Crippen LogP contribution in [0.1, 0.15) is 27.3 Å². The fraction of sp³-hybridized carbons (Fsp3) is 0.346. The Morgan fingerprint density at radius 3 is 2.56 bits per heavy atom. The summed E-state index contributed by atoms with van der Waals surface area (Å²) < 4.78 is 21.2. The zero-order valence-electron chi connectivity index (χ0n) is 19.5. The number of benzene rings is 2. The van der Waals surface area contributed by atoms with Gasteiger partial charge in [-0.25, -0.2) is 4.39 Å². The smallest absolute Gasteiger partial charge is 0.272 e. The second-order valence-electron chi connectivity index (χ2n) is 8.62. The van der Waals surface area contributed by atoms with Gasteiger partial charge >= 0.3 is 0 Å². The number of hydrogen-bond donors (Lipinski definition) is 0. The van der Waals surface area contributed by atoms with Crippen LogP contribution in [0.2, 0.25) is 0 Å². The highest BCUT2D eigenvalue weighted by molar-refractivity contribution is 5.95. The van der Waals surface area contributed by atoms with Gasteiger partial charge in [-0.3, -0.25) is 14.3 Å². The molecule has 3 aromatic rings. The van der Waals surface area contributed by atoms with Crippen molar-refractivity contribution in [2.24, 2.45) is 7.05 Å². The van der Waals surface area contributed by atoms with Crippen molar-refractivity contribution in [2.75, 3.05) is 26.2 Å². The summed E-state index contributed by atoms with van der Waals surface area (Å²) in [4.78, 5) is 29.7. The summed E-state index contributed by atoms with van der Waals surface area (Å²) >= 11 is 0. The molecule has 0 saturated carbocycles. The van der Waals surface area contributed by atoms with Gasteiger partial charge in [0.2, 0.25) is 5.91 Å². The summed E-state index contributed by atoms with van der Waals surface area (Å²) in [7, 11) is 1.71. The van der Waals surface area contributed by atoms with Gasteiger partial charge in [-0.05, 0) is 42.7 Å². The molecular formula is C26H29FN4O3. The molecule has 34 heavy (non-hydrogen) atoms. The summed E-state index contributed by atoms with van der Waals surface area (Å²) in [5, 5.41) is 4.26. The van der Waals surface area contributed by atoms with E-state index in [-0.39, 0.29) is 37.3 Å². The van der Waals surface area contributed by atoms with Crippen LogP contribution in [0.3, 0.4) is 0 Å². The van der Waals surface area contributed by atoms with Crippen LogP contribution in [0.15, 0.2) is 60.7 Å². The Morgan fingerprint density at radius 2 is 1.85 bits per heavy atom. The van der Waals surface area contributed by atoms with Crippen LogP contribution in [0.25, 0.3) is 0 Å². The van der Waals surface area contributed by atoms with E-state index in [2.05, 4.69) is 5.10 Å². The fourth-order valence-electron chi connectivity index (χ4n) is 4.18. The molecule has 0 radical (unpaired) electrons. The minimum atomic E-state index is -0.413. The second-order valence-corrected chi connectivity index (χ2v) is 8.62. The zero-order valence-corrected chi connectivity index (χ0v) is 19.5. The van der Waals surface area contributed by atoms with E-state index in [1.807, 2.05) is 37.3 Å². The third kappa shape index (κ3) is 5.88. The molecule has 8 heteroatoms. The molecule has 7 nitrogen and oxygen atoms in total. The largest absolute Gasteiger partial charge is 0.370 e. The van der Waals surface area contributed by atoms with Crippen molar-refractivity contribution in [3.05, 3.63) is 89.0 Å². The number of amides is 2. The van der Waals surface area contributed by atoms with E-state index >= 15 is 0 Å². The Morgan fingerprint density at radius 1 is 1.09 bits per heavy atom. The lowest BCUT2D eigenvalue weighted by Gasteiger charge is -2.25. The molecule has 0 bridgehead atoms. The third-order valence-electron chi connectivity index (χ3n) is 5.92. The van der Waals surface area contributed by atoms with E-state index in [0.717, 1.165) is 11.3 Å². The molecule has 1 aliphatic heterocycles. The van der Waals surface area contributed by atoms with Crippen molar-refractivity contribution in [2.45, 2.75) is 26.1 Å². The van der Waals surface area contributed by atoms with Crippen LogP contribution >= 0.6 is 0 Å². The van der Waals surface area contributed by atoms with Crippen LogP contribution < -0.4 is 0 Å². The predicted molar refractivity (Wildman–Crippen MR) is 126 cm³/mol. The highest BCUT2D eigenvalue weighted by Crippen LogP contribution is 2.16. The molecule has 2 aromatic carbocycles. The Balaban J connectivity index is 1.51. The monoisotopic (exact) mass is 464 g/mol. The molecule has 0 aliphatic carbocycles. The quantitative estimate of drug-likeness (QED) is 0.539. The Hall–Kier alpha value is -3.52. The molecule has 1 atom stereocenters. The number of halogens is 1. The molecule has 178 valence electrons. The number of rotatable bonds is 7. The number of carbonyl (C=O) groups excluding carboxylic acids is 2. The molecule has 1 aromatic heterocycles. The van der Waals surface area contributed by atoms with Gasteiger partial charge in [0, 0.05) is 26.7 Å². The number of ether oxygens (including phenoxy) is 1. The Labute approximate surface area is 198 Å². The van der Waals surface area contributed by atoms with Crippen LogP contribution in [0.4, 0.5) is 4.39 Å². The first-order valence-electron chi connectivity index (χ1n) is 11.4. The minimum Gasteiger partial charge on any atom is -0.370 e. The first kappa shape index (κ1) is 23.6. The van der Waals surface area contributed by atoms with E-state index < -0.39 is 6.10 Å². The molecule has 2 heterocycles. The fourth-order valence-corrected chi connectivity index (χ4v) is 4.18. The van der Waals surface area contributed by atoms with Crippen molar-refractivity contribution in [1.82, 2.24) is 19.6 Å². The van der Waals surface area contributed by atoms with Gasteiger partial charge in [-0.15, -0.1) is 0 Å². The average Bonchev–Trinajstić information content (AvgIpc) is 3.07. The number of carbonyl (C=O) groups is 2. The Kier molecular flexibility index (Phi) is 7.37. The van der Waals surface area contributed by atoms with Crippen LogP contribution in [0, 0.1) is 12.7 Å². The molecular weight excluding hydrogens is 435 g/mol. The minimum absolute atomic E-state index is 0.0301. The average molecular weight is 465 g/mol. The summed E-state index contributed by atoms with van der Waals surface area (Å²) in [6.45, 7) is 3.12. The van der Waals surface area contributed by atoms with Crippen LogP contribution in [0.5, 0.6) is 0 Å².